The van der Waals surface area contributed by atoms with Gasteiger partial charge in [-0.3, -0.25) is 4.90 Å². The van der Waals surface area contributed by atoms with Crippen molar-refractivity contribution in [2.45, 2.75) is 55.6 Å². The van der Waals surface area contributed by atoms with E-state index in [0.29, 0.717) is 6.42 Å². The number of ether oxygens (including phenoxy) is 2. The van der Waals surface area contributed by atoms with Crippen molar-refractivity contribution in [2.75, 3.05) is 19.8 Å². The molecule has 39 heavy (non-hydrogen) atoms. The van der Waals surface area contributed by atoms with Gasteiger partial charge in [0.25, 0.3) is 0 Å². The van der Waals surface area contributed by atoms with E-state index in [1.165, 1.54) is 22.3 Å². The lowest BCUT2D eigenvalue weighted by molar-refractivity contribution is -0.150. The van der Waals surface area contributed by atoms with Gasteiger partial charge >= 0.3 is 12.1 Å². The number of hydrogen-bond donors (Lipinski definition) is 1. The predicted molar refractivity (Wildman–Crippen MR) is 152 cm³/mol. The lowest BCUT2D eigenvalue weighted by Crippen LogP contribution is -2.49. The Kier molecular flexibility index (Phi) is 6.98. The van der Waals surface area contributed by atoms with Crippen LogP contribution in [0, 0.1) is 0 Å². The number of carbonyl (C=O) groups is 2. The van der Waals surface area contributed by atoms with Gasteiger partial charge in [0.05, 0.1) is 6.54 Å². The number of rotatable bonds is 6. The Morgan fingerprint density at radius 1 is 0.897 bits per heavy atom. The summed E-state index contributed by atoms with van der Waals surface area (Å²) in [6.45, 7) is 0.0873. The minimum Gasteiger partial charge on any atom is -0.480 e. The standard InChI is InChI=1S/C32H32BrNO5/c33-23-14-12-22(13-15-23)32(39-19-29(35)36)20-31(16-6-1-7-17-31)34(21-32)30(37)38-18-28-26-10-4-2-8-24(26)25-9-3-5-11-27(25)28/h2-5,8-15,28H,1,6-7,16-21H2,(H,35,36). The first-order chi connectivity index (χ1) is 18.9. The molecule has 3 aromatic rings. The van der Waals surface area contributed by atoms with E-state index < -0.39 is 23.7 Å². The number of aliphatic carboxylic acids is 1. The second-order valence-electron chi connectivity index (χ2n) is 11.0. The summed E-state index contributed by atoms with van der Waals surface area (Å²) >= 11 is 3.50. The SMILES string of the molecule is O=C(O)COC1(c2ccc(Br)cc2)CN(C(=O)OCC2c3ccccc3-c3ccccc32)C2(CCCCC2)C1. The number of carbonyl (C=O) groups excluding carboxylic acids is 1. The minimum atomic E-state index is -1.02. The molecule has 2 fully saturated rings. The van der Waals surface area contributed by atoms with Gasteiger partial charge in [-0.15, -0.1) is 0 Å². The molecule has 1 aliphatic heterocycles. The molecule has 1 spiro atoms. The first-order valence-electron chi connectivity index (χ1n) is 13.7. The molecule has 1 unspecified atom stereocenters. The van der Waals surface area contributed by atoms with Gasteiger partial charge < -0.3 is 14.6 Å². The number of fused-ring (bicyclic) bond motifs is 3. The maximum absolute atomic E-state index is 13.9. The van der Waals surface area contributed by atoms with Crippen molar-refractivity contribution in [2.24, 2.45) is 0 Å². The molecule has 1 saturated carbocycles. The summed E-state index contributed by atoms with van der Waals surface area (Å²) in [7, 11) is 0. The van der Waals surface area contributed by atoms with Crippen molar-refractivity contribution in [3.8, 4) is 11.1 Å². The van der Waals surface area contributed by atoms with E-state index >= 15 is 0 Å². The summed E-state index contributed by atoms with van der Waals surface area (Å²) in [6, 6.07) is 24.4. The lowest BCUT2D eigenvalue weighted by atomic mass is 9.76. The minimum absolute atomic E-state index is 0.0225. The van der Waals surface area contributed by atoms with Crippen molar-refractivity contribution in [1.29, 1.82) is 0 Å². The molecule has 3 aliphatic rings. The fourth-order valence-electron chi connectivity index (χ4n) is 7.02. The van der Waals surface area contributed by atoms with Gasteiger partial charge in [-0.25, -0.2) is 9.59 Å². The molecule has 3 aromatic carbocycles. The topological polar surface area (TPSA) is 76.1 Å². The fraction of sp³-hybridized carbons (Fsp3) is 0.375. The summed E-state index contributed by atoms with van der Waals surface area (Å²) in [5, 5.41) is 9.48. The van der Waals surface area contributed by atoms with Crippen molar-refractivity contribution in [3.63, 3.8) is 0 Å². The maximum atomic E-state index is 13.9. The number of carboxylic acids is 1. The van der Waals surface area contributed by atoms with E-state index in [2.05, 4.69) is 40.2 Å². The molecule has 1 heterocycles. The molecule has 0 aromatic heterocycles. The smallest absolute Gasteiger partial charge is 0.410 e. The zero-order chi connectivity index (χ0) is 27.0. The highest BCUT2D eigenvalue weighted by Crippen LogP contribution is 2.52. The Balaban J connectivity index is 1.29. The third-order valence-corrected chi connectivity index (χ3v) is 9.31. The van der Waals surface area contributed by atoms with Crippen LogP contribution in [0.1, 0.15) is 61.1 Å². The van der Waals surface area contributed by atoms with Gasteiger partial charge in [0.1, 0.15) is 18.8 Å². The van der Waals surface area contributed by atoms with Crippen molar-refractivity contribution < 1.29 is 24.2 Å². The summed E-state index contributed by atoms with van der Waals surface area (Å²) < 4.78 is 13.3. The van der Waals surface area contributed by atoms with Gasteiger partial charge in [-0.1, -0.05) is 95.9 Å². The molecular weight excluding hydrogens is 558 g/mol. The van der Waals surface area contributed by atoms with Gasteiger partial charge in [0.15, 0.2) is 0 Å². The molecule has 2 aliphatic carbocycles. The Morgan fingerprint density at radius 2 is 1.51 bits per heavy atom. The highest BCUT2D eigenvalue weighted by Gasteiger charge is 2.57. The predicted octanol–water partition coefficient (Wildman–Crippen LogP) is 7.10. The second-order valence-corrected chi connectivity index (χ2v) is 12.0. The molecule has 1 N–H and O–H groups in total. The molecule has 1 amide bonds. The maximum Gasteiger partial charge on any atom is 0.410 e. The number of benzene rings is 3. The lowest BCUT2D eigenvalue weighted by Gasteiger charge is -2.40. The highest BCUT2D eigenvalue weighted by atomic mass is 79.9. The fourth-order valence-corrected chi connectivity index (χ4v) is 7.28. The van der Waals surface area contributed by atoms with E-state index in [4.69, 9.17) is 9.47 Å². The number of likely N-dealkylation sites (tertiary alicyclic amines) is 1. The molecule has 7 heteroatoms. The van der Waals surface area contributed by atoms with Gasteiger partial charge in [0.2, 0.25) is 0 Å². The Bertz CT molecular complexity index is 1340. The molecule has 202 valence electrons. The van der Waals surface area contributed by atoms with Crippen molar-refractivity contribution in [1.82, 2.24) is 4.90 Å². The monoisotopic (exact) mass is 589 g/mol. The van der Waals surface area contributed by atoms with Crippen molar-refractivity contribution in [3.05, 3.63) is 94.0 Å². The van der Waals surface area contributed by atoms with Crippen molar-refractivity contribution >= 4 is 28.0 Å². The molecule has 1 atom stereocenters. The van der Waals surface area contributed by atoms with Gasteiger partial charge in [-0.2, -0.15) is 0 Å². The molecule has 0 radical (unpaired) electrons. The zero-order valence-corrected chi connectivity index (χ0v) is 23.4. The summed E-state index contributed by atoms with van der Waals surface area (Å²) in [4.78, 5) is 27.4. The van der Waals surface area contributed by atoms with E-state index in [1.54, 1.807) is 0 Å². The van der Waals surface area contributed by atoms with E-state index in [1.807, 2.05) is 53.4 Å². The summed E-state index contributed by atoms with van der Waals surface area (Å²) in [5.41, 5.74) is 4.27. The Labute approximate surface area is 237 Å². The third kappa shape index (κ3) is 4.76. The number of amides is 1. The van der Waals surface area contributed by atoms with Gasteiger partial charge in [-0.05, 0) is 52.8 Å². The summed E-state index contributed by atoms with van der Waals surface area (Å²) in [6.07, 6.45) is 5.07. The van der Waals surface area contributed by atoms with Gasteiger partial charge in [0, 0.05) is 22.4 Å². The number of halogens is 1. The van der Waals surface area contributed by atoms with Crippen LogP contribution >= 0.6 is 15.9 Å². The number of carboxylic acid groups (broad SMARTS) is 1. The van der Waals surface area contributed by atoms with Crippen LogP contribution in [0.2, 0.25) is 0 Å². The van der Waals surface area contributed by atoms with E-state index in [9.17, 15) is 14.7 Å². The Hall–Kier alpha value is -3.16. The van der Waals surface area contributed by atoms with Crippen LogP contribution in [0.3, 0.4) is 0 Å². The third-order valence-electron chi connectivity index (χ3n) is 8.78. The van der Waals surface area contributed by atoms with Crippen LogP contribution in [0.5, 0.6) is 0 Å². The van der Waals surface area contributed by atoms with Crippen LogP contribution in [0.25, 0.3) is 11.1 Å². The quantitative estimate of drug-likeness (QED) is 0.332. The molecular formula is C32H32BrNO5. The zero-order valence-electron chi connectivity index (χ0n) is 21.8. The normalized spacial score (nSPS) is 21.5. The van der Waals surface area contributed by atoms with Crippen LogP contribution in [0.4, 0.5) is 4.79 Å². The highest BCUT2D eigenvalue weighted by molar-refractivity contribution is 9.10. The molecule has 6 rings (SSSR count). The molecule has 6 nitrogen and oxygen atoms in total. The first kappa shape index (κ1) is 26.1. The average molecular weight is 591 g/mol. The van der Waals surface area contributed by atoms with E-state index in [-0.39, 0.29) is 25.2 Å². The molecule has 0 bridgehead atoms. The largest absolute Gasteiger partial charge is 0.480 e. The van der Waals surface area contributed by atoms with Crippen LogP contribution in [-0.4, -0.2) is 47.4 Å². The molecule has 1 saturated heterocycles. The number of hydrogen-bond acceptors (Lipinski definition) is 4. The average Bonchev–Trinajstić information content (AvgIpc) is 3.45. The van der Waals surface area contributed by atoms with Crippen LogP contribution in [0.15, 0.2) is 77.3 Å². The summed E-state index contributed by atoms with van der Waals surface area (Å²) in [5.74, 6) is -1.05. The van der Waals surface area contributed by atoms with Crippen LogP contribution in [-0.2, 0) is 19.9 Å². The first-order valence-corrected chi connectivity index (χ1v) is 14.4. The van der Waals surface area contributed by atoms with Crippen LogP contribution < -0.4 is 0 Å². The number of nitrogens with zero attached hydrogens (tertiary/aromatic N) is 1. The van der Waals surface area contributed by atoms with E-state index in [0.717, 1.165) is 42.1 Å². The Morgan fingerprint density at radius 3 is 2.13 bits per heavy atom. The second kappa shape index (κ2) is 10.4.